The molecule has 29 heavy (non-hydrogen) atoms. The minimum atomic E-state index is -0.194. The van der Waals surface area contributed by atoms with Crippen LogP contribution in [-0.2, 0) is 6.54 Å². The molecule has 0 aliphatic rings. The first-order valence-electron chi connectivity index (χ1n) is 8.76. The van der Waals surface area contributed by atoms with Crippen LogP contribution >= 0.6 is 0 Å². The highest BCUT2D eigenvalue weighted by molar-refractivity contribution is 5.84. The van der Waals surface area contributed by atoms with Gasteiger partial charge in [-0.05, 0) is 11.6 Å². The van der Waals surface area contributed by atoms with Gasteiger partial charge in [0.2, 0.25) is 5.56 Å². The van der Waals surface area contributed by atoms with Crippen molar-refractivity contribution in [1.29, 1.82) is 0 Å². The molecule has 5 nitrogen and oxygen atoms in total. The summed E-state index contributed by atoms with van der Waals surface area (Å²) >= 11 is 0. The maximum absolute atomic E-state index is 11.6. The number of rotatable bonds is 3. The number of pyridine rings is 1. The van der Waals surface area contributed by atoms with E-state index < -0.39 is 0 Å². The lowest BCUT2D eigenvalue weighted by atomic mass is 10.0. The molecule has 0 fully saturated rings. The lowest BCUT2D eigenvalue weighted by Crippen LogP contribution is -2.06. The van der Waals surface area contributed by atoms with Gasteiger partial charge in [-0.1, -0.05) is 54.6 Å². The SMILES string of the molecule is CF.CF.NCc1ccc(-c2nc3ccc(=O)[nH]c3nc2-c2ccccc2)cc1. The zero-order valence-electron chi connectivity index (χ0n) is 16.2. The summed E-state index contributed by atoms with van der Waals surface area (Å²) in [6, 6.07) is 20.9. The summed E-state index contributed by atoms with van der Waals surface area (Å²) in [7, 11) is 1.00. The van der Waals surface area contributed by atoms with Crippen molar-refractivity contribution in [3.8, 4) is 22.5 Å². The smallest absolute Gasteiger partial charge is 0.249 e. The van der Waals surface area contributed by atoms with E-state index in [0.29, 0.717) is 32.1 Å². The molecule has 0 saturated carbocycles. The monoisotopic (exact) mass is 396 g/mol. The van der Waals surface area contributed by atoms with Crippen LogP contribution in [0.5, 0.6) is 0 Å². The molecule has 4 rings (SSSR count). The summed E-state index contributed by atoms with van der Waals surface area (Å²) in [4.78, 5) is 23.8. The molecule has 2 aromatic carbocycles. The number of halogens is 2. The molecular weight excluding hydrogens is 374 g/mol. The predicted octanol–water partition coefficient (Wildman–Crippen LogP) is 4.28. The first-order valence-corrected chi connectivity index (χ1v) is 8.76. The van der Waals surface area contributed by atoms with Gasteiger partial charge in [0.1, 0.15) is 5.52 Å². The Balaban J connectivity index is 0.000000707. The molecule has 4 aromatic rings. The second-order valence-corrected chi connectivity index (χ2v) is 5.74. The Morgan fingerprint density at radius 1 is 0.793 bits per heavy atom. The van der Waals surface area contributed by atoms with Gasteiger partial charge in [0.25, 0.3) is 0 Å². The number of nitrogens with zero attached hydrogens (tertiary/aromatic N) is 2. The zero-order valence-corrected chi connectivity index (χ0v) is 16.2. The predicted molar refractivity (Wildman–Crippen MR) is 113 cm³/mol. The van der Waals surface area contributed by atoms with Crippen molar-refractivity contribution in [1.82, 2.24) is 15.0 Å². The lowest BCUT2D eigenvalue weighted by Gasteiger charge is -2.10. The quantitative estimate of drug-likeness (QED) is 0.541. The van der Waals surface area contributed by atoms with Crippen LogP contribution in [0.25, 0.3) is 33.7 Å². The van der Waals surface area contributed by atoms with Crippen LogP contribution in [0.4, 0.5) is 8.78 Å². The first kappa shape index (κ1) is 21.8. The Morgan fingerprint density at radius 2 is 1.38 bits per heavy atom. The number of nitrogens with one attached hydrogen (secondary N) is 1. The molecule has 0 spiro atoms. The number of aromatic amines is 1. The third-order valence-corrected chi connectivity index (χ3v) is 4.07. The van der Waals surface area contributed by atoms with E-state index in [4.69, 9.17) is 10.7 Å². The van der Waals surface area contributed by atoms with Gasteiger partial charge in [0, 0.05) is 23.7 Å². The maximum atomic E-state index is 11.6. The summed E-state index contributed by atoms with van der Waals surface area (Å²) in [5.41, 5.74) is 11.1. The highest BCUT2D eigenvalue weighted by Gasteiger charge is 2.13. The molecule has 0 aliphatic heterocycles. The molecule has 150 valence electrons. The van der Waals surface area contributed by atoms with Gasteiger partial charge in [-0.3, -0.25) is 13.6 Å². The third kappa shape index (κ3) is 5.08. The normalized spacial score (nSPS) is 9.83. The van der Waals surface area contributed by atoms with E-state index in [1.807, 2.05) is 54.6 Å². The number of aromatic nitrogens is 3. The molecule has 0 bridgehead atoms. The molecular formula is C22H22F2N4O. The summed E-state index contributed by atoms with van der Waals surface area (Å²) in [5.74, 6) is 0. The van der Waals surface area contributed by atoms with Gasteiger partial charge in [0.05, 0.1) is 25.7 Å². The number of nitrogens with two attached hydrogens (primary N) is 1. The Kier molecular flexibility index (Phi) is 8.12. The van der Waals surface area contributed by atoms with Gasteiger partial charge in [-0.2, -0.15) is 0 Å². The Labute approximate surface area is 167 Å². The molecule has 0 aliphatic carbocycles. The number of H-pyrrole nitrogens is 1. The minimum Gasteiger partial charge on any atom is -0.326 e. The third-order valence-electron chi connectivity index (χ3n) is 4.07. The van der Waals surface area contributed by atoms with Crippen LogP contribution in [0.15, 0.2) is 71.5 Å². The fourth-order valence-corrected chi connectivity index (χ4v) is 2.77. The van der Waals surface area contributed by atoms with Gasteiger partial charge >= 0.3 is 0 Å². The number of hydrogen-bond acceptors (Lipinski definition) is 4. The van der Waals surface area contributed by atoms with Crippen LogP contribution in [-0.4, -0.2) is 29.3 Å². The van der Waals surface area contributed by atoms with E-state index in [-0.39, 0.29) is 5.56 Å². The average Bonchev–Trinajstić information content (AvgIpc) is 2.81. The summed E-state index contributed by atoms with van der Waals surface area (Å²) < 4.78 is 19.0. The van der Waals surface area contributed by atoms with E-state index in [0.717, 1.165) is 28.1 Å². The molecule has 2 heterocycles. The van der Waals surface area contributed by atoms with Crippen molar-refractivity contribution in [3.63, 3.8) is 0 Å². The summed E-state index contributed by atoms with van der Waals surface area (Å²) in [6.45, 7) is 0.496. The Bertz CT molecular complexity index is 1100. The highest BCUT2D eigenvalue weighted by atomic mass is 19.1. The first-order chi connectivity index (χ1) is 14.2. The zero-order chi connectivity index (χ0) is 21.2. The van der Waals surface area contributed by atoms with Gasteiger partial charge in [0.15, 0.2) is 5.65 Å². The second-order valence-electron chi connectivity index (χ2n) is 5.74. The largest absolute Gasteiger partial charge is 0.326 e. The van der Waals surface area contributed by atoms with Crippen molar-refractivity contribution < 1.29 is 8.78 Å². The van der Waals surface area contributed by atoms with E-state index >= 15 is 0 Å². The van der Waals surface area contributed by atoms with Crippen molar-refractivity contribution >= 4 is 11.2 Å². The standard InChI is InChI=1S/C20H16N4O.2CH3F/c21-12-13-6-8-15(9-7-13)18-19(14-4-2-1-3-5-14)24-20-16(22-18)10-11-17(25)23-20;2*1-2/h1-11H,12,21H2,(H,23,24,25);2*1H3. The molecule has 7 heteroatoms. The van der Waals surface area contributed by atoms with Gasteiger partial charge < -0.3 is 10.7 Å². The van der Waals surface area contributed by atoms with Crippen LogP contribution in [0.1, 0.15) is 5.56 Å². The highest BCUT2D eigenvalue weighted by Crippen LogP contribution is 2.30. The second kappa shape index (κ2) is 10.8. The van der Waals surface area contributed by atoms with E-state index in [1.54, 1.807) is 6.07 Å². The molecule has 0 saturated heterocycles. The van der Waals surface area contributed by atoms with E-state index in [1.165, 1.54) is 6.07 Å². The molecule has 0 atom stereocenters. The fourth-order valence-electron chi connectivity index (χ4n) is 2.77. The van der Waals surface area contributed by atoms with Crippen molar-refractivity contribution in [2.24, 2.45) is 5.73 Å². The number of alkyl halides is 2. The fraction of sp³-hybridized carbons (Fsp3) is 0.136. The summed E-state index contributed by atoms with van der Waals surface area (Å²) in [5, 5.41) is 0. The number of fused-ring (bicyclic) bond motifs is 1. The van der Waals surface area contributed by atoms with Crippen molar-refractivity contribution in [3.05, 3.63) is 82.6 Å². The van der Waals surface area contributed by atoms with E-state index in [2.05, 4.69) is 9.97 Å². The topological polar surface area (TPSA) is 84.7 Å². The lowest BCUT2D eigenvalue weighted by molar-refractivity contribution is 0.635. The van der Waals surface area contributed by atoms with Crippen molar-refractivity contribution in [2.45, 2.75) is 6.54 Å². The number of benzene rings is 2. The molecule has 3 N–H and O–H groups in total. The van der Waals surface area contributed by atoms with Crippen LogP contribution in [0, 0.1) is 0 Å². The Morgan fingerprint density at radius 3 is 2.00 bits per heavy atom. The molecule has 2 aromatic heterocycles. The van der Waals surface area contributed by atoms with Crippen LogP contribution < -0.4 is 11.3 Å². The molecule has 0 amide bonds. The van der Waals surface area contributed by atoms with Crippen molar-refractivity contribution in [2.75, 3.05) is 14.4 Å². The Hall–Kier alpha value is -3.45. The molecule has 0 unspecified atom stereocenters. The van der Waals surface area contributed by atoms with Crippen LogP contribution in [0.2, 0.25) is 0 Å². The number of hydrogen-bond donors (Lipinski definition) is 2. The van der Waals surface area contributed by atoms with Crippen LogP contribution in [0.3, 0.4) is 0 Å². The average molecular weight is 396 g/mol. The minimum absolute atomic E-state index is 0.194. The van der Waals surface area contributed by atoms with E-state index in [9.17, 15) is 13.6 Å². The summed E-state index contributed by atoms with van der Waals surface area (Å²) in [6.07, 6.45) is 0. The maximum Gasteiger partial charge on any atom is 0.249 e. The van der Waals surface area contributed by atoms with Gasteiger partial charge in [-0.25, -0.2) is 9.97 Å². The molecule has 0 radical (unpaired) electrons. The van der Waals surface area contributed by atoms with Gasteiger partial charge in [-0.15, -0.1) is 0 Å².